The Morgan fingerprint density at radius 1 is 0.622 bits per heavy atom. The van der Waals surface area contributed by atoms with E-state index in [0.717, 1.165) is 11.1 Å². The normalized spacial score (nSPS) is 18.8. The van der Waals surface area contributed by atoms with Crippen LogP contribution in [0.25, 0.3) is 0 Å². The Morgan fingerprint density at radius 3 is 1.68 bits per heavy atom. The quantitative estimate of drug-likeness (QED) is 0.319. The lowest BCUT2D eigenvalue weighted by Crippen LogP contribution is -2.44. The van der Waals surface area contributed by atoms with E-state index in [1.807, 2.05) is 65.6 Å². The van der Waals surface area contributed by atoms with Crippen molar-refractivity contribution in [2.45, 2.75) is 27.6 Å². The summed E-state index contributed by atoms with van der Waals surface area (Å²) in [5.74, 6) is 0. The van der Waals surface area contributed by atoms with Gasteiger partial charge in [0.15, 0.2) is 9.84 Å². The van der Waals surface area contributed by atoms with Crippen LogP contribution < -0.4 is 0 Å². The molecule has 2 atom stereocenters. The molecule has 1 aliphatic rings. The Kier molecular flexibility index (Phi) is 7.11. The van der Waals surface area contributed by atoms with Crippen LogP contribution in [0, 0.1) is 0 Å². The molecule has 5 nitrogen and oxygen atoms in total. The van der Waals surface area contributed by atoms with Crippen molar-refractivity contribution in [1.82, 2.24) is 4.90 Å². The lowest BCUT2D eigenvalue weighted by atomic mass is 9.99. The summed E-state index contributed by atoms with van der Waals surface area (Å²) in [5.41, 5.74) is 1.76. The van der Waals surface area contributed by atoms with Gasteiger partial charge in [0.2, 0.25) is 9.84 Å². The number of hydrogen-bond donors (Lipinski definition) is 0. The van der Waals surface area contributed by atoms with Gasteiger partial charge < -0.3 is 0 Å². The van der Waals surface area contributed by atoms with Crippen molar-refractivity contribution in [2.75, 3.05) is 6.54 Å². The van der Waals surface area contributed by atoms with E-state index in [9.17, 15) is 16.8 Å². The highest BCUT2D eigenvalue weighted by atomic mass is 32.2. The predicted octanol–water partition coefficient (Wildman–Crippen LogP) is 5.44. The Balaban J connectivity index is 1.71. The molecular formula is C30H27NO4S2. The second-order valence-electron chi connectivity index (χ2n) is 9.01. The monoisotopic (exact) mass is 529 g/mol. The van der Waals surface area contributed by atoms with Gasteiger partial charge in [-0.25, -0.2) is 16.8 Å². The Labute approximate surface area is 218 Å². The molecule has 0 saturated heterocycles. The fraction of sp³-hybridized carbons (Fsp3) is 0.133. The van der Waals surface area contributed by atoms with E-state index < -0.39 is 31.0 Å². The predicted molar refractivity (Wildman–Crippen MR) is 145 cm³/mol. The third-order valence-corrected chi connectivity index (χ3v) is 10.5. The third-order valence-electron chi connectivity index (χ3n) is 6.58. The molecule has 0 saturated carbocycles. The van der Waals surface area contributed by atoms with Crippen LogP contribution in [0.3, 0.4) is 0 Å². The van der Waals surface area contributed by atoms with Crippen molar-refractivity contribution in [2.24, 2.45) is 0 Å². The van der Waals surface area contributed by atoms with Crippen LogP contribution in [0.4, 0.5) is 0 Å². The van der Waals surface area contributed by atoms with Gasteiger partial charge in [0.05, 0.1) is 26.0 Å². The van der Waals surface area contributed by atoms with Gasteiger partial charge in [-0.1, -0.05) is 97.1 Å². The first-order chi connectivity index (χ1) is 17.9. The SMILES string of the molecule is O=S(=O)(C1=CC(S(=O)(=O)c2ccccc2)CN(Cc2ccccc2)C1c1ccccc1)c1ccccc1. The molecule has 4 aromatic rings. The third kappa shape index (κ3) is 5.16. The van der Waals surface area contributed by atoms with Crippen molar-refractivity contribution in [1.29, 1.82) is 0 Å². The van der Waals surface area contributed by atoms with Crippen molar-refractivity contribution in [3.05, 3.63) is 143 Å². The van der Waals surface area contributed by atoms with Crippen molar-refractivity contribution >= 4 is 19.7 Å². The van der Waals surface area contributed by atoms with Crippen molar-refractivity contribution in [3.8, 4) is 0 Å². The number of hydrogen-bond acceptors (Lipinski definition) is 5. The number of nitrogens with zero attached hydrogens (tertiary/aromatic N) is 1. The van der Waals surface area contributed by atoms with Crippen molar-refractivity contribution < 1.29 is 16.8 Å². The molecule has 37 heavy (non-hydrogen) atoms. The molecule has 0 aliphatic carbocycles. The largest absolute Gasteiger partial charge is 0.286 e. The molecule has 2 unspecified atom stereocenters. The molecule has 4 aromatic carbocycles. The second-order valence-corrected chi connectivity index (χ2v) is 13.1. The van der Waals surface area contributed by atoms with Crippen LogP contribution in [0.15, 0.2) is 142 Å². The Morgan fingerprint density at radius 2 is 1.11 bits per heavy atom. The van der Waals surface area contributed by atoms with Gasteiger partial charge in [-0.15, -0.1) is 0 Å². The summed E-state index contributed by atoms with van der Waals surface area (Å²) in [4.78, 5) is 2.35. The zero-order valence-corrected chi connectivity index (χ0v) is 21.7. The van der Waals surface area contributed by atoms with E-state index >= 15 is 0 Å². The molecule has 0 spiro atoms. The first kappa shape index (κ1) is 25.1. The molecule has 0 bridgehead atoms. The molecule has 5 rings (SSSR count). The van der Waals surface area contributed by atoms with E-state index in [-0.39, 0.29) is 21.2 Å². The maximum absolute atomic E-state index is 14.1. The minimum absolute atomic E-state index is 0.0802. The van der Waals surface area contributed by atoms with Gasteiger partial charge >= 0.3 is 0 Å². The fourth-order valence-electron chi connectivity index (χ4n) is 4.77. The van der Waals surface area contributed by atoms with Gasteiger partial charge in [0.1, 0.15) is 0 Å². The molecule has 1 heterocycles. The number of benzene rings is 4. The van der Waals surface area contributed by atoms with Gasteiger partial charge in [-0.3, -0.25) is 4.90 Å². The molecule has 0 radical (unpaired) electrons. The van der Waals surface area contributed by atoms with Crippen LogP contribution in [0.2, 0.25) is 0 Å². The summed E-state index contributed by atoms with van der Waals surface area (Å²) < 4.78 is 55.7. The standard InChI is InChI=1S/C30H27NO4S2/c32-36(33,26-17-9-3-10-18-26)28-21-29(37(34,35)27-19-11-4-12-20-27)30(25-15-7-2-8-16-25)31(23-28)22-24-13-5-1-6-14-24/h1-21,28,30H,22-23H2. The van der Waals surface area contributed by atoms with E-state index in [4.69, 9.17) is 0 Å². The van der Waals surface area contributed by atoms with Gasteiger partial charge in [0.25, 0.3) is 0 Å². The maximum atomic E-state index is 14.1. The molecule has 0 amide bonds. The summed E-state index contributed by atoms with van der Waals surface area (Å²) >= 11 is 0. The maximum Gasteiger partial charge on any atom is 0.204 e. The summed E-state index contributed by atoms with van der Waals surface area (Å²) in [6.45, 7) is 0.544. The highest BCUT2D eigenvalue weighted by Crippen LogP contribution is 2.41. The van der Waals surface area contributed by atoms with Crippen LogP contribution >= 0.6 is 0 Å². The summed E-state index contributed by atoms with van der Waals surface area (Å²) in [7, 11) is -7.86. The fourth-order valence-corrected chi connectivity index (χ4v) is 8.17. The van der Waals surface area contributed by atoms with Crippen LogP contribution in [0.5, 0.6) is 0 Å². The van der Waals surface area contributed by atoms with Crippen molar-refractivity contribution in [3.63, 3.8) is 0 Å². The summed E-state index contributed by atoms with van der Waals surface area (Å²) in [5, 5.41) is -1.04. The molecule has 0 aromatic heterocycles. The summed E-state index contributed by atoms with van der Waals surface area (Å²) in [6.07, 6.45) is 1.46. The zero-order valence-electron chi connectivity index (χ0n) is 20.1. The highest BCUT2D eigenvalue weighted by Gasteiger charge is 2.42. The molecule has 1 aliphatic heterocycles. The van der Waals surface area contributed by atoms with E-state index in [1.54, 1.807) is 60.7 Å². The average molecular weight is 530 g/mol. The van der Waals surface area contributed by atoms with E-state index in [0.29, 0.717) is 6.54 Å². The molecular weight excluding hydrogens is 502 g/mol. The van der Waals surface area contributed by atoms with Gasteiger partial charge in [0, 0.05) is 13.1 Å². The first-order valence-corrected chi connectivity index (χ1v) is 15.0. The van der Waals surface area contributed by atoms with E-state index in [2.05, 4.69) is 0 Å². The number of rotatable bonds is 7. The van der Waals surface area contributed by atoms with Crippen LogP contribution in [0.1, 0.15) is 17.2 Å². The Bertz CT molecular complexity index is 1590. The molecule has 7 heteroatoms. The molecule has 0 fully saturated rings. The minimum atomic E-state index is -4.00. The second kappa shape index (κ2) is 10.5. The smallest absolute Gasteiger partial charge is 0.204 e. The van der Waals surface area contributed by atoms with Gasteiger partial charge in [-0.05, 0) is 41.5 Å². The lowest BCUT2D eigenvalue weighted by Gasteiger charge is -2.39. The van der Waals surface area contributed by atoms with E-state index in [1.165, 1.54) is 6.08 Å². The zero-order chi connectivity index (χ0) is 25.9. The topological polar surface area (TPSA) is 71.5 Å². The summed E-state index contributed by atoms with van der Waals surface area (Å²) in [6, 6.07) is 34.9. The average Bonchev–Trinajstić information content (AvgIpc) is 2.94. The van der Waals surface area contributed by atoms with Crippen LogP contribution in [-0.4, -0.2) is 33.5 Å². The Hall–Kier alpha value is -3.52. The molecule has 0 N–H and O–H groups in total. The molecule has 188 valence electrons. The first-order valence-electron chi connectivity index (χ1n) is 12.0. The van der Waals surface area contributed by atoms with Gasteiger partial charge in [-0.2, -0.15) is 0 Å². The number of sulfone groups is 2. The minimum Gasteiger partial charge on any atom is -0.286 e. The lowest BCUT2D eigenvalue weighted by molar-refractivity contribution is 0.212. The van der Waals surface area contributed by atoms with Crippen LogP contribution in [-0.2, 0) is 26.2 Å². The highest BCUT2D eigenvalue weighted by molar-refractivity contribution is 7.95.